The van der Waals surface area contributed by atoms with Gasteiger partial charge in [0.25, 0.3) is 0 Å². The maximum atomic E-state index is 6.06. The lowest BCUT2D eigenvalue weighted by Gasteiger charge is -2.23. The summed E-state index contributed by atoms with van der Waals surface area (Å²) in [5.74, 6) is 2.54. The maximum Gasteiger partial charge on any atom is 0.191 e. The maximum absolute atomic E-state index is 6.06. The number of aryl methyl sites for hydroxylation is 2. The highest BCUT2D eigenvalue weighted by Gasteiger charge is 2.15. The number of benzene rings is 1. The Morgan fingerprint density at radius 1 is 1.11 bits per heavy atom. The Morgan fingerprint density at radius 2 is 1.81 bits per heavy atom. The Hall–Kier alpha value is -2.50. The van der Waals surface area contributed by atoms with Crippen LogP contribution in [0.1, 0.15) is 57.2 Å². The van der Waals surface area contributed by atoms with Crippen molar-refractivity contribution in [3.8, 4) is 5.75 Å². The molecule has 1 aromatic heterocycles. The lowest BCUT2D eigenvalue weighted by Crippen LogP contribution is -2.36. The summed E-state index contributed by atoms with van der Waals surface area (Å²) in [4.78, 5) is 4.32. The SMILES string of the molecule is CCc1noc(CC)c1CNC(=NC)NCc1ccccc1OC(C)(C)C. The molecular weight excluding hydrogens is 340 g/mol. The Kier molecular flexibility index (Phi) is 7.28. The van der Waals surface area contributed by atoms with E-state index in [-0.39, 0.29) is 5.60 Å². The number of nitrogens with zero attached hydrogens (tertiary/aromatic N) is 2. The van der Waals surface area contributed by atoms with Crippen molar-refractivity contribution >= 4 is 5.96 Å². The molecule has 6 nitrogen and oxygen atoms in total. The molecule has 1 aromatic carbocycles. The minimum atomic E-state index is -0.239. The highest BCUT2D eigenvalue weighted by molar-refractivity contribution is 5.79. The van der Waals surface area contributed by atoms with Crippen molar-refractivity contribution in [1.29, 1.82) is 0 Å². The number of hydrogen-bond acceptors (Lipinski definition) is 4. The Balaban J connectivity index is 2.00. The van der Waals surface area contributed by atoms with E-state index in [4.69, 9.17) is 9.26 Å². The quantitative estimate of drug-likeness (QED) is 0.571. The van der Waals surface area contributed by atoms with Crippen molar-refractivity contribution in [3.63, 3.8) is 0 Å². The van der Waals surface area contributed by atoms with Crippen molar-refractivity contribution in [1.82, 2.24) is 15.8 Å². The highest BCUT2D eigenvalue weighted by Crippen LogP contribution is 2.22. The van der Waals surface area contributed by atoms with Crippen LogP contribution in [0.15, 0.2) is 33.8 Å². The minimum Gasteiger partial charge on any atom is -0.488 e. The zero-order valence-electron chi connectivity index (χ0n) is 17.3. The van der Waals surface area contributed by atoms with E-state index in [1.165, 1.54) is 0 Å². The van der Waals surface area contributed by atoms with Crippen LogP contribution in [0.5, 0.6) is 5.75 Å². The monoisotopic (exact) mass is 372 g/mol. The average Bonchev–Trinajstić information content (AvgIpc) is 3.03. The summed E-state index contributed by atoms with van der Waals surface area (Å²) in [6, 6.07) is 8.06. The standard InChI is InChI=1S/C21H32N4O2/c1-7-17-16(18(8-2)27-25-17)14-24-20(22-6)23-13-15-11-9-10-12-19(15)26-21(3,4)5/h9-12H,7-8,13-14H2,1-6H3,(H2,22,23,24). The van der Waals surface area contributed by atoms with Crippen molar-refractivity contribution in [3.05, 3.63) is 46.8 Å². The summed E-state index contributed by atoms with van der Waals surface area (Å²) >= 11 is 0. The van der Waals surface area contributed by atoms with Gasteiger partial charge >= 0.3 is 0 Å². The first-order chi connectivity index (χ1) is 12.9. The van der Waals surface area contributed by atoms with Crippen LogP contribution >= 0.6 is 0 Å². The van der Waals surface area contributed by atoms with Gasteiger partial charge in [0, 0.05) is 37.7 Å². The van der Waals surface area contributed by atoms with E-state index in [0.29, 0.717) is 13.1 Å². The molecule has 2 aromatic rings. The average molecular weight is 373 g/mol. The zero-order chi connectivity index (χ0) is 19.9. The Labute approximate surface area is 162 Å². The predicted molar refractivity (Wildman–Crippen MR) is 109 cm³/mol. The van der Waals surface area contributed by atoms with E-state index in [9.17, 15) is 0 Å². The molecule has 0 unspecified atom stereocenters. The van der Waals surface area contributed by atoms with Crippen LogP contribution in [0.25, 0.3) is 0 Å². The van der Waals surface area contributed by atoms with Gasteiger partial charge < -0.3 is 19.9 Å². The van der Waals surface area contributed by atoms with Crippen LogP contribution in [-0.4, -0.2) is 23.8 Å². The van der Waals surface area contributed by atoms with Gasteiger partial charge in [-0.15, -0.1) is 0 Å². The molecule has 27 heavy (non-hydrogen) atoms. The van der Waals surface area contributed by atoms with Gasteiger partial charge in [0.2, 0.25) is 0 Å². The topological polar surface area (TPSA) is 71.7 Å². The number of ether oxygens (including phenoxy) is 1. The first-order valence-electron chi connectivity index (χ1n) is 9.55. The number of aromatic nitrogens is 1. The van der Waals surface area contributed by atoms with E-state index in [1.807, 2.05) is 39.0 Å². The molecule has 0 saturated carbocycles. The summed E-state index contributed by atoms with van der Waals surface area (Å²) in [6.07, 6.45) is 1.68. The molecule has 6 heteroatoms. The number of hydrogen-bond donors (Lipinski definition) is 2. The molecule has 0 fully saturated rings. The predicted octanol–water partition coefficient (Wildman–Crippen LogP) is 3.84. The number of rotatable bonds is 7. The molecule has 2 rings (SSSR count). The molecule has 0 atom stereocenters. The van der Waals surface area contributed by atoms with Crippen LogP contribution in [0.3, 0.4) is 0 Å². The van der Waals surface area contributed by atoms with Gasteiger partial charge in [0.05, 0.1) is 5.69 Å². The molecular formula is C21H32N4O2. The Bertz CT molecular complexity index is 738. The van der Waals surface area contributed by atoms with Crippen LogP contribution in [0.2, 0.25) is 0 Å². The fourth-order valence-electron chi connectivity index (χ4n) is 2.79. The molecule has 0 aliphatic carbocycles. The van der Waals surface area contributed by atoms with Gasteiger partial charge in [0.1, 0.15) is 17.1 Å². The molecule has 2 N–H and O–H groups in total. The van der Waals surface area contributed by atoms with Gasteiger partial charge in [-0.3, -0.25) is 4.99 Å². The van der Waals surface area contributed by atoms with Crippen molar-refractivity contribution < 1.29 is 9.26 Å². The normalized spacial score (nSPS) is 12.1. The third-order valence-corrected chi connectivity index (χ3v) is 4.10. The first-order valence-corrected chi connectivity index (χ1v) is 9.55. The van der Waals surface area contributed by atoms with Gasteiger partial charge in [-0.1, -0.05) is 37.2 Å². The number of para-hydroxylation sites is 1. The smallest absolute Gasteiger partial charge is 0.191 e. The lowest BCUT2D eigenvalue weighted by molar-refractivity contribution is 0.129. The molecule has 0 bridgehead atoms. The van der Waals surface area contributed by atoms with Crippen LogP contribution < -0.4 is 15.4 Å². The number of aliphatic imine (C=N–C) groups is 1. The van der Waals surface area contributed by atoms with Gasteiger partial charge in [-0.25, -0.2) is 0 Å². The molecule has 0 aliphatic heterocycles. The second kappa shape index (κ2) is 9.44. The molecule has 0 spiro atoms. The summed E-state index contributed by atoms with van der Waals surface area (Å²) < 4.78 is 11.5. The summed E-state index contributed by atoms with van der Waals surface area (Å²) in [5, 5.41) is 10.9. The zero-order valence-corrected chi connectivity index (χ0v) is 17.3. The second-order valence-corrected chi connectivity index (χ2v) is 7.34. The second-order valence-electron chi connectivity index (χ2n) is 7.34. The molecule has 0 saturated heterocycles. The molecule has 0 radical (unpaired) electrons. The third kappa shape index (κ3) is 6.01. The van der Waals surface area contributed by atoms with Gasteiger partial charge in [0.15, 0.2) is 5.96 Å². The van der Waals surface area contributed by atoms with E-state index in [2.05, 4.69) is 40.7 Å². The lowest BCUT2D eigenvalue weighted by atomic mass is 10.1. The van der Waals surface area contributed by atoms with Crippen LogP contribution in [0.4, 0.5) is 0 Å². The minimum absolute atomic E-state index is 0.239. The Morgan fingerprint density at radius 3 is 2.44 bits per heavy atom. The van der Waals surface area contributed by atoms with Gasteiger partial charge in [-0.2, -0.15) is 0 Å². The fourth-order valence-corrected chi connectivity index (χ4v) is 2.79. The van der Waals surface area contributed by atoms with E-state index < -0.39 is 0 Å². The van der Waals surface area contributed by atoms with E-state index in [1.54, 1.807) is 7.05 Å². The summed E-state index contributed by atoms with van der Waals surface area (Å²) in [5.41, 5.74) is 2.97. The summed E-state index contributed by atoms with van der Waals surface area (Å²) in [7, 11) is 1.77. The van der Waals surface area contributed by atoms with E-state index >= 15 is 0 Å². The van der Waals surface area contributed by atoms with Crippen molar-refractivity contribution in [2.45, 2.75) is 66.2 Å². The van der Waals surface area contributed by atoms with Gasteiger partial charge in [-0.05, 0) is 33.3 Å². The third-order valence-electron chi connectivity index (χ3n) is 4.10. The van der Waals surface area contributed by atoms with Crippen molar-refractivity contribution in [2.24, 2.45) is 4.99 Å². The van der Waals surface area contributed by atoms with E-state index in [0.717, 1.165) is 47.1 Å². The summed E-state index contributed by atoms with van der Waals surface area (Å²) in [6.45, 7) is 11.6. The molecule has 1 heterocycles. The number of guanidine groups is 1. The van der Waals surface area contributed by atoms with Crippen molar-refractivity contribution in [2.75, 3.05) is 7.05 Å². The molecule has 148 valence electrons. The highest BCUT2D eigenvalue weighted by atomic mass is 16.5. The van der Waals surface area contributed by atoms with Crippen LogP contribution in [0, 0.1) is 0 Å². The fraction of sp³-hybridized carbons (Fsp3) is 0.524. The first kappa shape index (κ1) is 20.8. The molecule has 0 amide bonds. The largest absolute Gasteiger partial charge is 0.488 e. The van der Waals surface area contributed by atoms with Crippen LogP contribution in [-0.2, 0) is 25.9 Å². The number of nitrogens with one attached hydrogen (secondary N) is 2. The molecule has 0 aliphatic rings.